The minimum atomic E-state index is -4.12. The SMILES string of the molecule is CNCc1cc(-c2ccc(OC(C)c3c(F)cccc3F)cc2F)n(S(=O)(=O)c2cccc(OCC3CC3)c2)c1. The van der Waals surface area contributed by atoms with Crippen molar-refractivity contribution in [3.63, 3.8) is 0 Å². The van der Waals surface area contributed by atoms with Crippen molar-refractivity contribution in [3.05, 3.63) is 102 Å². The number of hydrogen-bond acceptors (Lipinski definition) is 5. The van der Waals surface area contributed by atoms with Gasteiger partial charge in [-0.05, 0) is 80.8 Å². The largest absolute Gasteiger partial charge is 0.493 e. The Hall–Kier alpha value is -3.76. The van der Waals surface area contributed by atoms with Gasteiger partial charge in [0.1, 0.15) is 35.1 Å². The lowest BCUT2D eigenvalue weighted by Gasteiger charge is -2.17. The molecule has 210 valence electrons. The zero-order valence-corrected chi connectivity index (χ0v) is 22.9. The molecule has 1 N–H and O–H groups in total. The van der Waals surface area contributed by atoms with Gasteiger partial charge in [0, 0.05) is 30.4 Å². The molecule has 4 aromatic rings. The van der Waals surface area contributed by atoms with Gasteiger partial charge in [-0.1, -0.05) is 12.1 Å². The fourth-order valence-corrected chi connectivity index (χ4v) is 5.90. The smallest absolute Gasteiger partial charge is 0.268 e. The minimum Gasteiger partial charge on any atom is -0.493 e. The number of benzene rings is 3. The fourth-order valence-electron chi connectivity index (χ4n) is 4.47. The van der Waals surface area contributed by atoms with Gasteiger partial charge in [0.05, 0.1) is 22.8 Å². The van der Waals surface area contributed by atoms with Gasteiger partial charge in [-0.15, -0.1) is 0 Å². The van der Waals surface area contributed by atoms with E-state index in [0.717, 1.165) is 35.0 Å². The van der Waals surface area contributed by atoms with Crippen LogP contribution in [0.25, 0.3) is 11.3 Å². The number of rotatable bonds is 11. The van der Waals surface area contributed by atoms with Gasteiger partial charge in [0.25, 0.3) is 10.0 Å². The summed E-state index contributed by atoms with van der Waals surface area (Å²) in [4.78, 5) is 0.00903. The van der Waals surface area contributed by atoms with Gasteiger partial charge in [0.15, 0.2) is 0 Å². The zero-order chi connectivity index (χ0) is 28.4. The molecule has 0 saturated heterocycles. The summed E-state index contributed by atoms with van der Waals surface area (Å²) in [6.45, 7) is 2.35. The second-order valence-corrected chi connectivity index (χ2v) is 11.6. The first-order valence-corrected chi connectivity index (χ1v) is 14.4. The summed E-state index contributed by atoms with van der Waals surface area (Å²) in [7, 11) is -2.40. The molecule has 0 bridgehead atoms. The Morgan fingerprint density at radius 1 is 0.950 bits per heavy atom. The van der Waals surface area contributed by atoms with Crippen LogP contribution in [0.2, 0.25) is 0 Å². The normalized spacial score (nSPS) is 14.2. The minimum absolute atomic E-state index is 0.00903. The average molecular weight is 571 g/mol. The quantitative estimate of drug-likeness (QED) is 0.224. The Bertz CT molecular complexity index is 1610. The molecule has 10 heteroatoms. The third-order valence-corrected chi connectivity index (χ3v) is 8.37. The molecule has 1 saturated carbocycles. The number of nitrogens with zero attached hydrogens (tertiary/aromatic N) is 1. The van der Waals surface area contributed by atoms with E-state index in [9.17, 15) is 17.2 Å². The van der Waals surface area contributed by atoms with E-state index < -0.39 is 33.6 Å². The summed E-state index contributed by atoms with van der Waals surface area (Å²) in [6.07, 6.45) is 2.62. The second kappa shape index (κ2) is 11.4. The van der Waals surface area contributed by atoms with Crippen molar-refractivity contribution in [2.75, 3.05) is 13.7 Å². The molecule has 1 atom stereocenters. The highest BCUT2D eigenvalue weighted by molar-refractivity contribution is 7.90. The molecule has 0 radical (unpaired) electrons. The van der Waals surface area contributed by atoms with Crippen LogP contribution >= 0.6 is 0 Å². The highest BCUT2D eigenvalue weighted by atomic mass is 32.2. The molecule has 1 aliphatic rings. The molecule has 5 rings (SSSR count). The van der Waals surface area contributed by atoms with E-state index in [1.54, 1.807) is 25.2 Å². The number of nitrogens with one attached hydrogen (secondary N) is 1. The van der Waals surface area contributed by atoms with Crippen LogP contribution in [0.1, 0.15) is 37.0 Å². The molecule has 3 aromatic carbocycles. The van der Waals surface area contributed by atoms with Gasteiger partial charge in [-0.3, -0.25) is 0 Å². The zero-order valence-electron chi connectivity index (χ0n) is 22.0. The van der Waals surface area contributed by atoms with Crippen LogP contribution in [-0.2, 0) is 16.6 Å². The monoisotopic (exact) mass is 570 g/mol. The predicted molar refractivity (Wildman–Crippen MR) is 145 cm³/mol. The van der Waals surface area contributed by atoms with E-state index in [4.69, 9.17) is 9.47 Å². The number of hydrogen-bond donors (Lipinski definition) is 1. The molecule has 0 spiro atoms. The summed E-state index contributed by atoms with van der Waals surface area (Å²) < 4.78 is 83.8. The number of aromatic nitrogens is 1. The molecular formula is C30H29F3N2O4S. The van der Waals surface area contributed by atoms with Gasteiger partial charge in [-0.2, -0.15) is 0 Å². The second-order valence-electron chi connectivity index (χ2n) is 9.83. The van der Waals surface area contributed by atoms with Crippen molar-refractivity contribution >= 4 is 10.0 Å². The van der Waals surface area contributed by atoms with Crippen molar-refractivity contribution in [3.8, 4) is 22.8 Å². The molecule has 1 fully saturated rings. The van der Waals surface area contributed by atoms with Crippen molar-refractivity contribution < 1.29 is 31.1 Å². The topological polar surface area (TPSA) is 69.6 Å². The third-order valence-electron chi connectivity index (χ3n) is 6.70. The summed E-state index contributed by atoms with van der Waals surface area (Å²) in [5.74, 6) is -1.31. The van der Waals surface area contributed by atoms with Crippen molar-refractivity contribution in [2.45, 2.75) is 37.3 Å². The van der Waals surface area contributed by atoms with Crippen LogP contribution in [0.15, 0.2) is 77.8 Å². The molecule has 1 aromatic heterocycles. The van der Waals surface area contributed by atoms with E-state index in [1.807, 2.05) is 0 Å². The first-order chi connectivity index (χ1) is 19.2. The van der Waals surface area contributed by atoms with Gasteiger partial charge in [0.2, 0.25) is 0 Å². The molecule has 1 unspecified atom stereocenters. The summed E-state index contributed by atoms with van der Waals surface area (Å²) in [5.41, 5.74) is 0.494. The Balaban J connectivity index is 1.47. The molecule has 1 aliphatic carbocycles. The highest BCUT2D eigenvalue weighted by Gasteiger charge is 2.26. The lowest BCUT2D eigenvalue weighted by molar-refractivity contribution is 0.214. The molecule has 1 heterocycles. The Morgan fingerprint density at radius 2 is 1.68 bits per heavy atom. The summed E-state index contributed by atoms with van der Waals surface area (Å²) in [5, 5.41) is 2.98. The van der Waals surface area contributed by atoms with Crippen molar-refractivity contribution in [1.82, 2.24) is 9.29 Å². The summed E-state index contributed by atoms with van der Waals surface area (Å²) >= 11 is 0. The van der Waals surface area contributed by atoms with Crippen LogP contribution in [0.4, 0.5) is 13.2 Å². The van der Waals surface area contributed by atoms with E-state index in [2.05, 4.69) is 5.32 Å². The third kappa shape index (κ3) is 5.88. The molecular weight excluding hydrogens is 541 g/mol. The van der Waals surface area contributed by atoms with Crippen LogP contribution in [0.5, 0.6) is 11.5 Å². The van der Waals surface area contributed by atoms with Crippen LogP contribution < -0.4 is 14.8 Å². The molecule has 40 heavy (non-hydrogen) atoms. The van der Waals surface area contributed by atoms with E-state index >= 15 is 4.39 Å². The maximum atomic E-state index is 15.5. The first-order valence-electron chi connectivity index (χ1n) is 12.9. The first kappa shape index (κ1) is 27.8. The Labute approximate surface area is 231 Å². The maximum Gasteiger partial charge on any atom is 0.268 e. The van der Waals surface area contributed by atoms with Gasteiger partial charge >= 0.3 is 0 Å². The standard InChI is InChI=1S/C30H29F3N2O4S/c1-19(30-26(31)7-4-8-27(30)32)39-23-11-12-25(28(33)15-23)29-13-21(16-34-2)17-35(29)40(36,37)24-6-3-5-22(14-24)38-18-20-9-10-20/h3-8,11-15,17,19-20,34H,9-10,16,18H2,1-2H3. The predicted octanol–water partition coefficient (Wildman–Crippen LogP) is 6.46. The van der Waals surface area contributed by atoms with Gasteiger partial charge < -0.3 is 14.8 Å². The molecule has 6 nitrogen and oxygen atoms in total. The average Bonchev–Trinajstić information content (AvgIpc) is 3.65. The van der Waals surface area contributed by atoms with Crippen molar-refractivity contribution in [2.24, 2.45) is 5.92 Å². The summed E-state index contributed by atoms with van der Waals surface area (Å²) in [6, 6.07) is 15.2. The lowest BCUT2D eigenvalue weighted by atomic mass is 10.1. The van der Waals surface area contributed by atoms with Crippen molar-refractivity contribution in [1.29, 1.82) is 0 Å². The number of halogens is 3. The lowest BCUT2D eigenvalue weighted by Crippen LogP contribution is -2.14. The van der Waals surface area contributed by atoms with E-state index in [-0.39, 0.29) is 27.5 Å². The van der Waals surface area contributed by atoms with Crippen LogP contribution in [-0.4, -0.2) is 26.0 Å². The van der Waals surface area contributed by atoms with E-state index in [0.29, 0.717) is 30.4 Å². The fraction of sp³-hybridized carbons (Fsp3) is 0.267. The Kier molecular flexibility index (Phi) is 7.91. The molecule has 0 aliphatic heterocycles. The van der Waals surface area contributed by atoms with E-state index in [1.165, 1.54) is 43.5 Å². The highest BCUT2D eigenvalue weighted by Crippen LogP contribution is 2.34. The number of ether oxygens (including phenoxy) is 2. The maximum absolute atomic E-state index is 15.5. The Morgan fingerprint density at radius 3 is 2.35 bits per heavy atom. The van der Waals surface area contributed by atoms with Crippen LogP contribution in [0, 0.1) is 23.4 Å². The van der Waals surface area contributed by atoms with Gasteiger partial charge in [-0.25, -0.2) is 25.6 Å². The molecule has 0 amide bonds. The van der Waals surface area contributed by atoms with Crippen LogP contribution in [0.3, 0.4) is 0 Å².